The molecule has 0 radical (unpaired) electrons. The fourth-order valence-electron chi connectivity index (χ4n) is 2.78. The first-order valence-electron chi connectivity index (χ1n) is 7.80. The summed E-state index contributed by atoms with van der Waals surface area (Å²) in [6.45, 7) is 0.569. The van der Waals surface area contributed by atoms with E-state index in [9.17, 15) is 0 Å². The van der Waals surface area contributed by atoms with Crippen molar-refractivity contribution in [2.45, 2.75) is 6.54 Å². The van der Waals surface area contributed by atoms with Crippen LogP contribution < -0.4 is 15.2 Å². The third-order valence-electron chi connectivity index (χ3n) is 4.01. The number of hydrogen-bond acceptors (Lipinski definition) is 4. The van der Waals surface area contributed by atoms with Crippen LogP contribution in [0.5, 0.6) is 11.5 Å². The molecular weight excluding hydrogens is 316 g/mol. The molecule has 0 aliphatic carbocycles. The lowest BCUT2D eigenvalue weighted by atomic mass is 10.1. The number of benzene rings is 2. The van der Waals surface area contributed by atoms with Gasteiger partial charge in [-0.1, -0.05) is 24.3 Å². The number of nitrogens with zero attached hydrogens (tertiary/aromatic N) is 2. The van der Waals surface area contributed by atoms with Crippen LogP contribution in [0.25, 0.3) is 11.4 Å². The Kier molecular flexibility index (Phi) is 4.70. The zero-order valence-corrected chi connectivity index (χ0v) is 14.2. The number of imidazole rings is 1. The minimum atomic E-state index is 0.0587. The number of nitrogen functional groups attached to an aromatic ring is 1. The Morgan fingerprint density at radius 3 is 2.60 bits per heavy atom. The Hall–Kier alpha value is -3.28. The van der Waals surface area contributed by atoms with Gasteiger partial charge in [0.15, 0.2) is 11.5 Å². The van der Waals surface area contributed by atoms with Gasteiger partial charge in [-0.2, -0.15) is 0 Å². The number of methoxy groups -OCH3 is 2. The van der Waals surface area contributed by atoms with E-state index in [0.717, 1.165) is 22.5 Å². The van der Waals surface area contributed by atoms with Crippen LogP contribution in [0, 0.1) is 5.41 Å². The predicted molar refractivity (Wildman–Crippen MR) is 97.3 cm³/mol. The molecule has 3 N–H and O–H groups in total. The summed E-state index contributed by atoms with van der Waals surface area (Å²) in [6, 6.07) is 13.3. The van der Waals surface area contributed by atoms with Crippen molar-refractivity contribution in [2.24, 2.45) is 5.73 Å². The second kappa shape index (κ2) is 7.09. The fraction of sp³-hybridized carbons (Fsp3) is 0.158. The van der Waals surface area contributed by atoms with Gasteiger partial charge in [-0.3, -0.25) is 5.41 Å². The van der Waals surface area contributed by atoms with E-state index in [1.54, 1.807) is 20.4 Å². The van der Waals surface area contributed by atoms with E-state index >= 15 is 0 Å². The van der Waals surface area contributed by atoms with Gasteiger partial charge in [0.2, 0.25) is 0 Å². The summed E-state index contributed by atoms with van der Waals surface area (Å²) in [5.41, 5.74) is 8.31. The van der Waals surface area contributed by atoms with E-state index in [2.05, 4.69) is 4.98 Å². The van der Waals surface area contributed by atoms with E-state index in [4.69, 9.17) is 20.6 Å². The first-order valence-corrected chi connectivity index (χ1v) is 7.80. The van der Waals surface area contributed by atoms with Gasteiger partial charge in [0, 0.05) is 30.1 Å². The monoisotopic (exact) mass is 336 g/mol. The van der Waals surface area contributed by atoms with E-state index < -0.39 is 0 Å². The number of amidine groups is 1. The summed E-state index contributed by atoms with van der Waals surface area (Å²) >= 11 is 0. The van der Waals surface area contributed by atoms with Gasteiger partial charge in [-0.25, -0.2) is 4.98 Å². The fourth-order valence-corrected chi connectivity index (χ4v) is 2.78. The largest absolute Gasteiger partial charge is 0.493 e. The number of hydrogen-bond donors (Lipinski definition) is 2. The van der Waals surface area contributed by atoms with Crippen molar-refractivity contribution in [2.75, 3.05) is 14.2 Å². The molecule has 128 valence electrons. The summed E-state index contributed by atoms with van der Waals surface area (Å²) in [7, 11) is 3.22. The van der Waals surface area contributed by atoms with Gasteiger partial charge in [0.05, 0.1) is 14.2 Å². The number of nitrogens with two attached hydrogens (primary N) is 1. The molecule has 6 heteroatoms. The van der Waals surface area contributed by atoms with Crippen molar-refractivity contribution in [1.29, 1.82) is 5.41 Å². The van der Waals surface area contributed by atoms with Gasteiger partial charge in [0.25, 0.3) is 0 Å². The maximum absolute atomic E-state index is 7.74. The topological polar surface area (TPSA) is 86.2 Å². The Morgan fingerprint density at radius 2 is 1.88 bits per heavy atom. The number of aromatic nitrogens is 2. The second-order valence-electron chi connectivity index (χ2n) is 5.52. The summed E-state index contributed by atoms with van der Waals surface area (Å²) in [5, 5.41) is 7.74. The van der Waals surface area contributed by atoms with Crippen LogP contribution in [0.15, 0.2) is 54.9 Å². The smallest absolute Gasteiger partial charge is 0.161 e. The van der Waals surface area contributed by atoms with E-state index in [1.807, 2.05) is 53.2 Å². The molecule has 0 aliphatic rings. The Morgan fingerprint density at radius 1 is 1.12 bits per heavy atom. The molecule has 0 fully saturated rings. The summed E-state index contributed by atoms with van der Waals surface area (Å²) in [4.78, 5) is 4.47. The highest BCUT2D eigenvalue weighted by Gasteiger charge is 2.12. The average Bonchev–Trinajstić information content (AvgIpc) is 3.09. The van der Waals surface area contributed by atoms with Gasteiger partial charge < -0.3 is 19.8 Å². The number of ether oxygens (including phenoxy) is 2. The van der Waals surface area contributed by atoms with Crippen molar-refractivity contribution >= 4 is 5.84 Å². The maximum atomic E-state index is 7.74. The van der Waals surface area contributed by atoms with Crippen molar-refractivity contribution in [1.82, 2.24) is 9.55 Å². The van der Waals surface area contributed by atoms with Crippen molar-refractivity contribution < 1.29 is 9.47 Å². The number of rotatable bonds is 6. The van der Waals surface area contributed by atoms with Crippen LogP contribution in [0.4, 0.5) is 0 Å². The standard InChI is InChI=1S/C19H20N4O2/c1-24-16-8-7-13(11-17(16)25-2)19-22-9-10-23(19)12-14-5-3-4-6-15(14)18(20)21/h3-11H,12H2,1-2H3,(H3,20,21). The zero-order valence-electron chi connectivity index (χ0n) is 14.2. The summed E-state index contributed by atoms with van der Waals surface area (Å²) < 4.78 is 12.7. The lowest BCUT2D eigenvalue weighted by molar-refractivity contribution is 0.355. The summed E-state index contributed by atoms with van der Waals surface area (Å²) in [6.07, 6.45) is 3.66. The highest BCUT2D eigenvalue weighted by atomic mass is 16.5. The Balaban J connectivity index is 1.98. The first-order chi connectivity index (χ1) is 12.1. The molecule has 2 aromatic carbocycles. The van der Waals surface area contributed by atoms with Crippen LogP contribution in [0.1, 0.15) is 11.1 Å². The average molecular weight is 336 g/mol. The van der Waals surface area contributed by atoms with E-state index in [1.165, 1.54) is 0 Å². The SMILES string of the molecule is COc1ccc(-c2nccn2Cc2ccccc2C(=N)N)cc1OC. The molecule has 0 atom stereocenters. The third-order valence-corrected chi connectivity index (χ3v) is 4.01. The van der Waals surface area contributed by atoms with E-state index in [0.29, 0.717) is 18.0 Å². The molecular formula is C19H20N4O2. The van der Waals surface area contributed by atoms with Crippen molar-refractivity contribution in [3.05, 3.63) is 66.0 Å². The minimum absolute atomic E-state index is 0.0587. The highest BCUT2D eigenvalue weighted by Crippen LogP contribution is 2.31. The number of nitrogens with one attached hydrogen (secondary N) is 1. The predicted octanol–water partition coefficient (Wildman–Crippen LogP) is 2.90. The lowest BCUT2D eigenvalue weighted by Crippen LogP contribution is -2.15. The molecule has 25 heavy (non-hydrogen) atoms. The maximum Gasteiger partial charge on any atom is 0.161 e. The normalized spacial score (nSPS) is 10.5. The molecule has 0 saturated heterocycles. The Labute approximate surface area is 146 Å². The van der Waals surface area contributed by atoms with Gasteiger partial charge in [0.1, 0.15) is 11.7 Å². The molecule has 0 bridgehead atoms. The molecule has 3 rings (SSSR count). The van der Waals surface area contributed by atoms with Crippen LogP contribution in [0.3, 0.4) is 0 Å². The third kappa shape index (κ3) is 3.33. The molecule has 0 unspecified atom stereocenters. The van der Waals surface area contributed by atoms with Crippen molar-refractivity contribution in [3.8, 4) is 22.9 Å². The highest BCUT2D eigenvalue weighted by molar-refractivity contribution is 5.96. The quantitative estimate of drug-likeness (QED) is 0.535. The molecule has 0 saturated carbocycles. The second-order valence-corrected chi connectivity index (χ2v) is 5.52. The molecule has 0 aliphatic heterocycles. The molecule has 0 spiro atoms. The zero-order chi connectivity index (χ0) is 17.8. The van der Waals surface area contributed by atoms with Crippen LogP contribution in [-0.4, -0.2) is 29.6 Å². The molecule has 6 nitrogen and oxygen atoms in total. The van der Waals surface area contributed by atoms with Crippen LogP contribution in [0.2, 0.25) is 0 Å². The van der Waals surface area contributed by atoms with Crippen LogP contribution in [-0.2, 0) is 6.54 Å². The van der Waals surface area contributed by atoms with Gasteiger partial charge in [-0.05, 0) is 23.8 Å². The van der Waals surface area contributed by atoms with E-state index in [-0.39, 0.29) is 5.84 Å². The first kappa shape index (κ1) is 16.6. The molecule has 0 amide bonds. The molecule has 1 heterocycles. The van der Waals surface area contributed by atoms with Crippen LogP contribution >= 0.6 is 0 Å². The minimum Gasteiger partial charge on any atom is -0.493 e. The summed E-state index contributed by atoms with van der Waals surface area (Å²) in [5.74, 6) is 2.19. The lowest BCUT2D eigenvalue weighted by Gasteiger charge is -2.13. The molecule has 1 aromatic heterocycles. The van der Waals surface area contributed by atoms with Gasteiger partial charge >= 0.3 is 0 Å². The van der Waals surface area contributed by atoms with Crippen molar-refractivity contribution in [3.63, 3.8) is 0 Å². The molecule has 3 aromatic rings. The van der Waals surface area contributed by atoms with Gasteiger partial charge in [-0.15, -0.1) is 0 Å². The Bertz CT molecular complexity index is 902.